The lowest BCUT2D eigenvalue weighted by atomic mass is 9.87. The van der Waals surface area contributed by atoms with E-state index < -0.39 is 0 Å². The van der Waals surface area contributed by atoms with Crippen LogP contribution >= 0.6 is 0 Å². The van der Waals surface area contributed by atoms with Crippen molar-refractivity contribution in [3.05, 3.63) is 0 Å². The van der Waals surface area contributed by atoms with Crippen LogP contribution in [0.15, 0.2) is 0 Å². The first kappa shape index (κ1) is 6.86. The molecule has 3 aliphatic rings. The Kier molecular flexibility index (Phi) is 1.14. The molecular formula is C8H11NO3. The Morgan fingerprint density at radius 3 is 3.08 bits per heavy atom. The molecule has 4 heteroatoms. The van der Waals surface area contributed by atoms with Crippen LogP contribution < -0.4 is 0 Å². The Hall–Kier alpha value is -0.610. The van der Waals surface area contributed by atoms with Gasteiger partial charge in [0.2, 0.25) is 0 Å². The molecule has 3 heterocycles. The van der Waals surface area contributed by atoms with Crippen molar-refractivity contribution in [1.82, 2.24) is 5.06 Å². The Bertz CT molecular complexity index is 242. The molecule has 0 saturated carbocycles. The van der Waals surface area contributed by atoms with Gasteiger partial charge in [-0.3, -0.25) is 9.63 Å². The van der Waals surface area contributed by atoms with Gasteiger partial charge in [0, 0.05) is 5.92 Å². The molecule has 3 saturated heterocycles. The second kappa shape index (κ2) is 2.00. The minimum absolute atomic E-state index is 0.110. The number of esters is 1. The van der Waals surface area contributed by atoms with Crippen LogP contribution in [-0.2, 0) is 14.4 Å². The lowest BCUT2D eigenvalue weighted by Gasteiger charge is -2.35. The maximum absolute atomic E-state index is 11.3. The molecule has 0 N–H and O–H groups in total. The molecule has 12 heavy (non-hydrogen) atoms. The normalized spacial score (nSPS) is 51.2. The lowest BCUT2D eigenvalue weighted by Crippen LogP contribution is -2.54. The quantitative estimate of drug-likeness (QED) is 0.476. The van der Waals surface area contributed by atoms with Gasteiger partial charge in [0.05, 0.1) is 12.1 Å². The second-order valence-corrected chi connectivity index (χ2v) is 3.83. The monoisotopic (exact) mass is 169 g/mol. The first-order valence-corrected chi connectivity index (χ1v) is 4.39. The van der Waals surface area contributed by atoms with E-state index in [1.54, 1.807) is 0 Å². The number of morpholine rings is 1. The van der Waals surface area contributed by atoms with Crippen molar-refractivity contribution in [2.45, 2.75) is 31.5 Å². The molecule has 0 aliphatic carbocycles. The minimum atomic E-state index is -0.123. The number of carbonyl (C=O) groups is 1. The molecule has 0 spiro atoms. The summed E-state index contributed by atoms with van der Waals surface area (Å²) in [7, 11) is 0. The molecule has 0 aromatic carbocycles. The predicted octanol–water partition coefficient (Wildman–Crippen LogP) is -0.0640. The number of hydroxylamine groups is 2. The largest absolute Gasteiger partial charge is 0.463 e. The molecule has 0 aromatic heterocycles. The first-order valence-electron chi connectivity index (χ1n) is 4.39. The van der Waals surface area contributed by atoms with Crippen LogP contribution in [0, 0.1) is 5.92 Å². The number of rotatable bonds is 0. The zero-order valence-corrected chi connectivity index (χ0v) is 6.90. The topological polar surface area (TPSA) is 38.8 Å². The molecule has 3 fully saturated rings. The van der Waals surface area contributed by atoms with Gasteiger partial charge in [-0.1, -0.05) is 6.92 Å². The summed E-state index contributed by atoms with van der Waals surface area (Å²) in [5.74, 6) is 0.190. The van der Waals surface area contributed by atoms with E-state index in [2.05, 4.69) is 6.92 Å². The molecule has 3 aliphatic heterocycles. The number of hydrogen-bond acceptors (Lipinski definition) is 4. The van der Waals surface area contributed by atoms with Crippen LogP contribution in [0.3, 0.4) is 0 Å². The van der Waals surface area contributed by atoms with E-state index in [1.165, 1.54) is 0 Å². The molecule has 0 aromatic rings. The predicted molar refractivity (Wildman–Crippen MR) is 39.0 cm³/mol. The number of nitrogens with zero attached hydrogens (tertiary/aromatic N) is 1. The molecule has 4 unspecified atom stereocenters. The molecule has 0 radical (unpaired) electrons. The third-order valence-corrected chi connectivity index (χ3v) is 3.14. The lowest BCUT2D eigenvalue weighted by molar-refractivity contribution is -0.195. The third kappa shape index (κ3) is 0.630. The summed E-state index contributed by atoms with van der Waals surface area (Å²) >= 11 is 0. The van der Waals surface area contributed by atoms with Crippen LogP contribution in [0.1, 0.15) is 13.3 Å². The average molecular weight is 169 g/mol. The van der Waals surface area contributed by atoms with Gasteiger partial charge in [-0.15, -0.1) is 0 Å². The SMILES string of the molecule is CC1C2CC3COC(=O)C1N3O2. The summed E-state index contributed by atoms with van der Waals surface area (Å²) < 4.78 is 5.05. The van der Waals surface area contributed by atoms with E-state index in [0.29, 0.717) is 18.6 Å². The number of piperidine rings is 1. The zero-order valence-electron chi connectivity index (χ0n) is 6.90. The highest BCUT2D eigenvalue weighted by Crippen LogP contribution is 2.42. The summed E-state index contributed by atoms with van der Waals surface area (Å²) in [6.45, 7) is 2.57. The van der Waals surface area contributed by atoms with E-state index in [1.807, 2.05) is 5.06 Å². The Morgan fingerprint density at radius 2 is 2.42 bits per heavy atom. The smallest absolute Gasteiger partial charge is 0.326 e. The molecule has 66 valence electrons. The van der Waals surface area contributed by atoms with Gasteiger partial charge in [-0.2, -0.15) is 5.06 Å². The number of hydrogen-bond donors (Lipinski definition) is 0. The van der Waals surface area contributed by atoms with Crippen molar-refractivity contribution < 1.29 is 14.4 Å². The summed E-state index contributed by atoms with van der Waals surface area (Å²) in [4.78, 5) is 16.9. The highest BCUT2D eigenvalue weighted by atomic mass is 16.7. The third-order valence-electron chi connectivity index (χ3n) is 3.14. The van der Waals surface area contributed by atoms with Crippen LogP contribution in [0.25, 0.3) is 0 Å². The van der Waals surface area contributed by atoms with Crippen molar-refractivity contribution in [2.24, 2.45) is 5.92 Å². The van der Waals surface area contributed by atoms with E-state index in [4.69, 9.17) is 9.57 Å². The van der Waals surface area contributed by atoms with Crippen molar-refractivity contribution in [3.63, 3.8) is 0 Å². The fraction of sp³-hybridized carbons (Fsp3) is 0.875. The van der Waals surface area contributed by atoms with Crippen molar-refractivity contribution in [1.29, 1.82) is 0 Å². The fourth-order valence-corrected chi connectivity index (χ4v) is 2.42. The summed E-state index contributed by atoms with van der Waals surface area (Å²) in [6.07, 6.45) is 1.28. The fourth-order valence-electron chi connectivity index (χ4n) is 2.42. The highest BCUT2D eigenvalue weighted by molar-refractivity contribution is 5.77. The number of cyclic esters (lactones) is 1. The van der Waals surface area contributed by atoms with Crippen molar-refractivity contribution >= 4 is 5.97 Å². The number of carbonyl (C=O) groups excluding carboxylic acids is 1. The van der Waals surface area contributed by atoms with E-state index >= 15 is 0 Å². The standard InChI is InChI=1S/C8H11NO3/c1-4-6-2-5-3-11-8(10)7(4)9(5)12-6/h4-7H,2-3H2,1H3. The maximum Gasteiger partial charge on any atom is 0.326 e. The maximum atomic E-state index is 11.3. The summed E-state index contributed by atoms with van der Waals surface area (Å²) in [5, 5.41) is 1.85. The van der Waals surface area contributed by atoms with Gasteiger partial charge < -0.3 is 4.74 Å². The number of ether oxygens (including phenoxy) is 1. The van der Waals surface area contributed by atoms with Gasteiger partial charge in [-0.05, 0) is 6.42 Å². The van der Waals surface area contributed by atoms with Crippen LogP contribution in [0.5, 0.6) is 0 Å². The minimum Gasteiger partial charge on any atom is -0.463 e. The van der Waals surface area contributed by atoms with Crippen molar-refractivity contribution in [2.75, 3.05) is 6.61 Å². The number of fused-ring (bicyclic) bond motifs is 1. The summed E-state index contributed by atoms with van der Waals surface area (Å²) in [6, 6.07) is 0.205. The molecule has 4 atom stereocenters. The highest BCUT2D eigenvalue weighted by Gasteiger charge is 2.57. The van der Waals surface area contributed by atoms with Gasteiger partial charge in [-0.25, -0.2) is 0 Å². The van der Waals surface area contributed by atoms with Gasteiger partial charge in [0.25, 0.3) is 0 Å². The Morgan fingerprint density at radius 1 is 1.58 bits per heavy atom. The van der Waals surface area contributed by atoms with Crippen molar-refractivity contribution in [3.8, 4) is 0 Å². The van der Waals surface area contributed by atoms with Gasteiger partial charge in [0.15, 0.2) is 0 Å². The van der Waals surface area contributed by atoms with E-state index in [-0.39, 0.29) is 18.1 Å². The Balaban J connectivity index is 1.98. The Labute approximate surface area is 70.4 Å². The van der Waals surface area contributed by atoms with E-state index in [9.17, 15) is 4.79 Å². The first-order chi connectivity index (χ1) is 5.77. The molecular weight excluding hydrogens is 158 g/mol. The molecule has 2 bridgehead atoms. The summed E-state index contributed by atoms with van der Waals surface area (Å²) in [5.41, 5.74) is 0. The van der Waals surface area contributed by atoms with Gasteiger partial charge >= 0.3 is 5.97 Å². The van der Waals surface area contributed by atoms with Crippen LogP contribution in [0.4, 0.5) is 0 Å². The molecule has 3 rings (SSSR count). The van der Waals surface area contributed by atoms with Gasteiger partial charge in [0.1, 0.15) is 12.6 Å². The zero-order chi connectivity index (χ0) is 8.29. The van der Waals surface area contributed by atoms with Crippen LogP contribution in [0.2, 0.25) is 0 Å². The average Bonchev–Trinajstić information content (AvgIpc) is 2.57. The molecule has 0 amide bonds. The second-order valence-electron chi connectivity index (χ2n) is 3.83. The molecule has 4 nitrogen and oxygen atoms in total. The van der Waals surface area contributed by atoms with E-state index in [0.717, 1.165) is 6.42 Å². The van der Waals surface area contributed by atoms with Crippen LogP contribution in [-0.4, -0.2) is 35.8 Å².